The molecule has 1 aliphatic rings. The summed E-state index contributed by atoms with van der Waals surface area (Å²) in [5.41, 5.74) is 3.62. The van der Waals surface area contributed by atoms with Crippen LogP contribution in [0.5, 0.6) is 0 Å². The highest BCUT2D eigenvalue weighted by atomic mass is 32.2. The summed E-state index contributed by atoms with van der Waals surface area (Å²) in [7, 11) is -1.76. The molecule has 0 fully saturated rings. The first-order chi connectivity index (χ1) is 11.3. The molecule has 126 valence electrons. The van der Waals surface area contributed by atoms with E-state index in [9.17, 15) is 13.2 Å². The van der Waals surface area contributed by atoms with E-state index in [0.29, 0.717) is 11.1 Å². The number of primary sulfonamides is 1. The Bertz CT molecular complexity index is 860. The smallest absolute Gasteiger partial charge is 0.254 e. The largest absolute Gasteiger partial charge is 0.335 e. The molecule has 0 aromatic heterocycles. The lowest BCUT2D eigenvalue weighted by molar-refractivity contribution is 0.0730. The number of aryl methyl sites for hydroxylation is 1. The summed E-state index contributed by atoms with van der Waals surface area (Å²) in [6.45, 7) is 0. The van der Waals surface area contributed by atoms with Crippen molar-refractivity contribution in [1.29, 1.82) is 0 Å². The second kappa shape index (κ2) is 6.37. The number of nitrogens with two attached hydrogens (primary N) is 1. The number of fused-ring (bicyclic) bond motifs is 1. The minimum Gasteiger partial charge on any atom is -0.335 e. The molecule has 1 aliphatic carbocycles. The topological polar surface area (TPSA) is 80.5 Å². The summed E-state index contributed by atoms with van der Waals surface area (Å²) < 4.78 is 22.2. The Hall–Kier alpha value is -2.18. The normalized spacial score (nSPS) is 16.7. The second-order valence-electron chi connectivity index (χ2n) is 6.17. The van der Waals surface area contributed by atoms with Crippen LogP contribution in [0.2, 0.25) is 0 Å². The molecule has 2 N–H and O–H groups in total. The second-order valence-corrected chi connectivity index (χ2v) is 7.79. The Labute approximate surface area is 142 Å². The quantitative estimate of drug-likeness (QED) is 0.923. The average Bonchev–Trinajstić information content (AvgIpc) is 2.97. The van der Waals surface area contributed by atoms with E-state index in [-0.39, 0.29) is 17.7 Å². The van der Waals surface area contributed by atoms with Gasteiger partial charge in [0.15, 0.2) is 0 Å². The molecule has 24 heavy (non-hydrogen) atoms. The number of carbonyl (C=O) groups is 1. The van der Waals surface area contributed by atoms with Crippen LogP contribution in [0.15, 0.2) is 48.5 Å². The molecule has 0 spiro atoms. The SMILES string of the molecule is CN(C(=O)c1ccc(CS(N)(=O)=O)cc1)[C@H]1CCc2ccccc21. The van der Waals surface area contributed by atoms with Crippen LogP contribution in [0.4, 0.5) is 0 Å². The predicted molar refractivity (Wildman–Crippen MR) is 92.9 cm³/mol. The Morgan fingerprint density at radius 3 is 2.50 bits per heavy atom. The first-order valence-corrected chi connectivity index (χ1v) is 9.51. The number of amides is 1. The minimum absolute atomic E-state index is 0.0705. The highest BCUT2D eigenvalue weighted by Gasteiger charge is 2.28. The molecule has 1 atom stereocenters. The van der Waals surface area contributed by atoms with Crippen molar-refractivity contribution in [3.8, 4) is 0 Å². The van der Waals surface area contributed by atoms with Gasteiger partial charge in [0.1, 0.15) is 0 Å². The summed E-state index contributed by atoms with van der Waals surface area (Å²) in [4.78, 5) is 14.5. The summed E-state index contributed by atoms with van der Waals surface area (Å²) in [6, 6.07) is 14.9. The van der Waals surface area contributed by atoms with Gasteiger partial charge in [-0.25, -0.2) is 13.6 Å². The van der Waals surface area contributed by atoms with Gasteiger partial charge in [-0.05, 0) is 41.7 Å². The van der Waals surface area contributed by atoms with Crippen LogP contribution < -0.4 is 5.14 Å². The van der Waals surface area contributed by atoms with Gasteiger partial charge in [-0.2, -0.15) is 0 Å². The number of rotatable bonds is 4. The molecule has 0 radical (unpaired) electrons. The van der Waals surface area contributed by atoms with Crippen molar-refractivity contribution in [3.63, 3.8) is 0 Å². The van der Waals surface area contributed by atoms with Gasteiger partial charge >= 0.3 is 0 Å². The minimum atomic E-state index is -3.57. The van der Waals surface area contributed by atoms with Crippen LogP contribution in [0.3, 0.4) is 0 Å². The monoisotopic (exact) mass is 344 g/mol. The van der Waals surface area contributed by atoms with E-state index in [1.807, 2.05) is 19.2 Å². The lowest BCUT2D eigenvalue weighted by atomic mass is 10.1. The van der Waals surface area contributed by atoms with Gasteiger partial charge < -0.3 is 4.90 Å². The first-order valence-electron chi connectivity index (χ1n) is 7.79. The Morgan fingerprint density at radius 1 is 1.17 bits per heavy atom. The lowest BCUT2D eigenvalue weighted by Gasteiger charge is -2.25. The number of carbonyl (C=O) groups excluding carboxylic acids is 1. The van der Waals surface area contributed by atoms with E-state index >= 15 is 0 Å². The summed E-state index contributed by atoms with van der Waals surface area (Å²) in [6.07, 6.45) is 1.90. The molecular formula is C18H20N2O3S. The molecular weight excluding hydrogens is 324 g/mol. The molecule has 0 unspecified atom stereocenters. The Kier molecular flexibility index (Phi) is 4.43. The van der Waals surface area contributed by atoms with Crippen LogP contribution in [0, 0.1) is 0 Å². The molecule has 5 nitrogen and oxygen atoms in total. The van der Waals surface area contributed by atoms with Crippen molar-refractivity contribution >= 4 is 15.9 Å². The zero-order valence-electron chi connectivity index (χ0n) is 13.5. The molecule has 1 amide bonds. The van der Waals surface area contributed by atoms with E-state index in [4.69, 9.17) is 5.14 Å². The van der Waals surface area contributed by atoms with Gasteiger partial charge in [0.2, 0.25) is 10.0 Å². The van der Waals surface area contributed by atoms with E-state index in [1.165, 1.54) is 11.1 Å². The van der Waals surface area contributed by atoms with Gasteiger partial charge in [0.25, 0.3) is 5.91 Å². The van der Waals surface area contributed by atoms with Gasteiger partial charge in [0, 0.05) is 12.6 Å². The molecule has 0 saturated heterocycles. The standard InChI is InChI=1S/C18H20N2O3S/c1-20(17-11-10-14-4-2-3-5-16(14)17)18(21)15-8-6-13(7-9-15)12-24(19,22)23/h2-9,17H,10-12H2,1H3,(H2,19,22,23)/t17-/m0/s1. The lowest BCUT2D eigenvalue weighted by Crippen LogP contribution is -2.30. The third kappa shape index (κ3) is 3.49. The van der Waals surface area contributed by atoms with Gasteiger partial charge in [-0.15, -0.1) is 0 Å². The molecule has 0 bridgehead atoms. The molecule has 2 aromatic carbocycles. The van der Waals surface area contributed by atoms with E-state index in [1.54, 1.807) is 29.2 Å². The number of nitrogens with zero attached hydrogens (tertiary/aromatic N) is 1. The van der Waals surface area contributed by atoms with Gasteiger partial charge in [0.05, 0.1) is 11.8 Å². The first kappa shape index (κ1) is 16.7. The van der Waals surface area contributed by atoms with Crippen molar-refractivity contribution in [2.45, 2.75) is 24.6 Å². The maximum absolute atomic E-state index is 12.7. The highest BCUT2D eigenvalue weighted by molar-refractivity contribution is 7.88. The molecule has 6 heteroatoms. The number of sulfonamides is 1. The molecule has 3 rings (SSSR count). The Morgan fingerprint density at radius 2 is 1.83 bits per heavy atom. The summed E-state index contributed by atoms with van der Waals surface area (Å²) in [5.74, 6) is -0.299. The van der Waals surface area contributed by atoms with Crippen LogP contribution in [0.1, 0.15) is 39.5 Å². The van der Waals surface area contributed by atoms with E-state index in [2.05, 4.69) is 12.1 Å². The van der Waals surface area contributed by atoms with Crippen molar-refractivity contribution in [2.24, 2.45) is 5.14 Å². The van der Waals surface area contributed by atoms with Gasteiger partial charge in [-0.3, -0.25) is 4.79 Å². The van der Waals surface area contributed by atoms with Crippen molar-refractivity contribution in [2.75, 3.05) is 7.05 Å². The fourth-order valence-electron chi connectivity index (χ4n) is 3.26. The zero-order valence-corrected chi connectivity index (χ0v) is 14.3. The Balaban J connectivity index is 1.77. The fourth-order valence-corrected chi connectivity index (χ4v) is 3.92. The van der Waals surface area contributed by atoms with Crippen LogP contribution in [-0.4, -0.2) is 26.3 Å². The number of hydrogen-bond acceptors (Lipinski definition) is 3. The molecule has 0 aliphatic heterocycles. The number of benzene rings is 2. The molecule has 0 heterocycles. The third-order valence-corrected chi connectivity index (χ3v) is 5.19. The van der Waals surface area contributed by atoms with Crippen molar-refractivity contribution < 1.29 is 13.2 Å². The van der Waals surface area contributed by atoms with E-state index in [0.717, 1.165) is 12.8 Å². The average molecular weight is 344 g/mol. The maximum atomic E-state index is 12.7. The summed E-state index contributed by atoms with van der Waals surface area (Å²) in [5, 5.41) is 5.04. The van der Waals surface area contributed by atoms with Crippen molar-refractivity contribution in [3.05, 3.63) is 70.8 Å². The third-order valence-electron chi connectivity index (χ3n) is 4.46. The zero-order chi connectivity index (χ0) is 17.3. The predicted octanol–water partition coefficient (Wildman–Crippen LogP) is 2.23. The molecule has 0 saturated carbocycles. The fraction of sp³-hybridized carbons (Fsp3) is 0.278. The highest BCUT2D eigenvalue weighted by Crippen LogP contribution is 2.35. The molecule has 2 aromatic rings. The van der Waals surface area contributed by atoms with Crippen LogP contribution in [-0.2, 0) is 22.2 Å². The van der Waals surface area contributed by atoms with Crippen LogP contribution >= 0.6 is 0 Å². The maximum Gasteiger partial charge on any atom is 0.254 e. The van der Waals surface area contributed by atoms with Crippen LogP contribution in [0.25, 0.3) is 0 Å². The van der Waals surface area contributed by atoms with Gasteiger partial charge in [-0.1, -0.05) is 36.4 Å². The number of hydrogen-bond donors (Lipinski definition) is 1. The summed E-state index contributed by atoms with van der Waals surface area (Å²) >= 11 is 0. The van der Waals surface area contributed by atoms with Crippen molar-refractivity contribution in [1.82, 2.24) is 4.90 Å². The van der Waals surface area contributed by atoms with E-state index < -0.39 is 10.0 Å².